The summed E-state index contributed by atoms with van der Waals surface area (Å²) >= 11 is 1.64. The van der Waals surface area contributed by atoms with Crippen molar-refractivity contribution in [2.24, 2.45) is 5.92 Å². The van der Waals surface area contributed by atoms with Gasteiger partial charge < -0.3 is 4.57 Å². The lowest BCUT2D eigenvalue weighted by atomic mass is 9.99. The summed E-state index contributed by atoms with van der Waals surface area (Å²) in [4.78, 5) is 12.3. The molecule has 2 rings (SSSR count). The van der Waals surface area contributed by atoms with E-state index in [-0.39, 0.29) is 5.56 Å². The maximum atomic E-state index is 12.3. The molecular formula is C15H21NOS. The average Bonchev–Trinajstić information content (AvgIpc) is 2.86. The first-order valence-electron chi connectivity index (χ1n) is 6.82. The Morgan fingerprint density at radius 3 is 2.89 bits per heavy atom. The van der Waals surface area contributed by atoms with Gasteiger partial charge in [0, 0.05) is 17.4 Å². The van der Waals surface area contributed by atoms with E-state index in [4.69, 9.17) is 0 Å². The van der Waals surface area contributed by atoms with Crippen LogP contribution < -0.4 is 5.56 Å². The van der Waals surface area contributed by atoms with Gasteiger partial charge in [0.1, 0.15) is 0 Å². The van der Waals surface area contributed by atoms with Gasteiger partial charge in [0.05, 0.1) is 5.39 Å². The largest absolute Gasteiger partial charge is 0.315 e. The van der Waals surface area contributed by atoms with E-state index in [0.717, 1.165) is 23.1 Å². The molecule has 0 aromatic carbocycles. The summed E-state index contributed by atoms with van der Waals surface area (Å²) in [6.45, 7) is 5.30. The van der Waals surface area contributed by atoms with Gasteiger partial charge in [-0.3, -0.25) is 4.79 Å². The quantitative estimate of drug-likeness (QED) is 0.762. The van der Waals surface area contributed by atoms with E-state index in [1.807, 2.05) is 22.2 Å². The van der Waals surface area contributed by atoms with Gasteiger partial charge in [-0.15, -0.1) is 11.3 Å². The maximum Gasteiger partial charge on any atom is 0.259 e. The molecular weight excluding hydrogens is 242 g/mol. The van der Waals surface area contributed by atoms with E-state index in [2.05, 4.69) is 19.9 Å². The van der Waals surface area contributed by atoms with Gasteiger partial charge in [0.25, 0.3) is 5.56 Å². The molecule has 0 aliphatic carbocycles. The van der Waals surface area contributed by atoms with E-state index in [9.17, 15) is 4.79 Å². The maximum absolute atomic E-state index is 12.3. The Bertz CT molecular complexity index is 555. The van der Waals surface area contributed by atoms with Gasteiger partial charge in [-0.1, -0.05) is 33.1 Å². The van der Waals surface area contributed by atoms with Crippen LogP contribution in [-0.2, 0) is 6.54 Å². The summed E-state index contributed by atoms with van der Waals surface area (Å²) in [6, 6.07) is 4.00. The van der Waals surface area contributed by atoms with E-state index < -0.39 is 0 Å². The van der Waals surface area contributed by atoms with Crippen LogP contribution in [0.2, 0.25) is 0 Å². The van der Waals surface area contributed by atoms with Crippen LogP contribution in [0.5, 0.6) is 0 Å². The van der Waals surface area contributed by atoms with Crippen LogP contribution in [0.15, 0.2) is 28.5 Å². The van der Waals surface area contributed by atoms with E-state index in [1.54, 1.807) is 11.3 Å². The highest BCUT2D eigenvalue weighted by atomic mass is 32.1. The average molecular weight is 263 g/mol. The van der Waals surface area contributed by atoms with Crippen LogP contribution in [0.3, 0.4) is 0 Å². The van der Waals surface area contributed by atoms with Crippen LogP contribution >= 0.6 is 11.3 Å². The highest BCUT2D eigenvalue weighted by Gasteiger charge is 2.09. The zero-order valence-electron chi connectivity index (χ0n) is 11.2. The molecule has 2 aromatic rings. The molecule has 0 radical (unpaired) electrons. The summed E-state index contributed by atoms with van der Waals surface area (Å²) < 4.78 is 2.98. The van der Waals surface area contributed by atoms with Gasteiger partial charge in [-0.2, -0.15) is 0 Å². The molecule has 0 bridgehead atoms. The number of fused-ring (bicyclic) bond motifs is 1. The minimum absolute atomic E-state index is 0.170. The first-order chi connectivity index (χ1) is 8.76. The minimum atomic E-state index is 0.170. The zero-order chi connectivity index (χ0) is 13.0. The summed E-state index contributed by atoms with van der Waals surface area (Å²) in [6.07, 6.45) is 6.81. The predicted octanol–water partition coefficient (Wildman–Crippen LogP) is 4.28. The zero-order valence-corrected chi connectivity index (χ0v) is 12.0. The number of pyridine rings is 1. The van der Waals surface area contributed by atoms with Crippen LogP contribution in [0.25, 0.3) is 10.1 Å². The highest BCUT2D eigenvalue weighted by Crippen LogP contribution is 2.18. The van der Waals surface area contributed by atoms with Crippen molar-refractivity contribution in [3.63, 3.8) is 0 Å². The molecule has 2 heterocycles. The Hall–Kier alpha value is -1.09. The monoisotopic (exact) mass is 263 g/mol. The first kappa shape index (κ1) is 13.3. The number of thiophene rings is 1. The standard InChI is InChI=1S/C15H21NOS/c1-3-5-6-12(4-2)11-16-9-7-14-13(15(16)17)8-10-18-14/h7-10,12H,3-6,11H2,1-2H3. The number of nitrogens with zero attached hydrogens (tertiary/aromatic N) is 1. The number of hydrogen-bond acceptors (Lipinski definition) is 2. The van der Waals surface area contributed by atoms with Crippen molar-refractivity contribution in [2.75, 3.05) is 0 Å². The molecule has 3 heteroatoms. The summed E-state index contributed by atoms with van der Waals surface area (Å²) in [5.74, 6) is 0.624. The molecule has 1 atom stereocenters. The van der Waals surface area contributed by atoms with Gasteiger partial charge in [-0.05, 0) is 29.9 Å². The fourth-order valence-corrected chi connectivity index (χ4v) is 3.12. The Balaban J connectivity index is 2.20. The molecule has 98 valence electrons. The SMILES string of the molecule is CCCCC(CC)Cn1ccc2sccc2c1=O. The molecule has 0 amide bonds. The Labute approximate surface area is 112 Å². The van der Waals surface area contributed by atoms with E-state index >= 15 is 0 Å². The number of rotatable bonds is 6. The third kappa shape index (κ3) is 2.83. The fraction of sp³-hybridized carbons (Fsp3) is 0.533. The normalized spacial score (nSPS) is 13.0. The highest BCUT2D eigenvalue weighted by molar-refractivity contribution is 7.17. The van der Waals surface area contributed by atoms with Crippen LogP contribution in [-0.4, -0.2) is 4.57 Å². The third-order valence-electron chi connectivity index (χ3n) is 3.59. The summed E-state index contributed by atoms with van der Waals surface area (Å²) in [7, 11) is 0. The Morgan fingerprint density at radius 2 is 2.17 bits per heavy atom. The predicted molar refractivity (Wildman–Crippen MR) is 79.4 cm³/mol. The summed E-state index contributed by atoms with van der Waals surface area (Å²) in [5.41, 5.74) is 0.170. The van der Waals surface area contributed by atoms with Crippen molar-refractivity contribution in [3.05, 3.63) is 34.1 Å². The van der Waals surface area contributed by atoms with Crippen molar-refractivity contribution in [1.29, 1.82) is 0 Å². The van der Waals surface area contributed by atoms with E-state index in [0.29, 0.717) is 5.92 Å². The second-order valence-electron chi connectivity index (χ2n) is 4.89. The molecule has 0 saturated heterocycles. The molecule has 0 N–H and O–H groups in total. The number of hydrogen-bond donors (Lipinski definition) is 0. The molecule has 0 fully saturated rings. The smallest absolute Gasteiger partial charge is 0.259 e. The first-order valence-corrected chi connectivity index (χ1v) is 7.70. The molecule has 2 nitrogen and oxygen atoms in total. The molecule has 2 aromatic heterocycles. The second-order valence-corrected chi connectivity index (χ2v) is 5.84. The lowest BCUT2D eigenvalue weighted by Gasteiger charge is -2.16. The van der Waals surface area contributed by atoms with Crippen LogP contribution in [0, 0.1) is 5.92 Å². The van der Waals surface area contributed by atoms with Gasteiger partial charge in [0.2, 0.25) is 0 Å². The van der Waals surface area contributed by atoms with Crippen molar-refractivity contribution in [2.45, 2.75) is 46.1 Å². The van der Waals surface area contributed by atoms with Crippen molar-refractivity contribution < 1.29 is 0 Å². The molecule has 0 spiro atoms. The molecule has 0 aliphatic rings. The van der Waals surface area contributed by atoms with Crippen molar-refractivity contribution >= 4 is 21.4 Å². The molecule has 0 saturated carbocycles. The third-order valence-corrected chi connectivity index (χ3v) is 4.47. The van der Waals surface area contributed by atoms with Crippen LogP contribution in [0.1, 0.15) is 39.5 Å². The Morgan fingerprint density at radius 1 is 1.33 bits per heavy atom. The summed E-state index contributed by atoms with van der Waals surface area (Å²) in [5, 5.41) is 2.86. The molecule has 18 heavy (non-hydrogen) atoms. The fourth-order valence-electron chi connectivity index (χ4n) is 2.35. The lowest BCUT2D eigenvalue weighted by molar-refractivity contribution is 0.386. The lowest BCUT2D eigenvalue weighted by Crippen LogP contribution is -2.23. The van der Waals surface area contributed by atoms with Gasteiger partial charge in [0.15, 0.2) is 0 Å². The molecule has 0 aliphatic heterocycles. The molecule has 1 unspecified atom stereocenters. The Kier molecular flexibility index (Phi) is 4.59. The topological polar surface area (TPSA) is 22.0 Å². The number of aromatic nitrogens is 1. The second kappa shape index (κ2) is 6.19. The van der Waals surface area contributed by atoms with Gasteiger partial charge in [-0.25, -0.2) is 0 Å². The van der Waals surface area contributed by atoms with Gasteiger partial charge >= 0.3 is 0 Å². The van der Waals surface area contributed by atoms with Crippen molar-refractivity contribution in [3.8, 4) is 0 Å². The van der Waals surface area contributed by atoms with Crippen LogP contribution in [0.4, 0.5) is 0 Å². The van der Waals surface area contributed by atoms with E-state index in [1.165, 1.54) is 19.3 Å². The minimum Gasteiger partial charge on any atom is -0.315 e. The number of unbranched alkanes of at least 4 members (excludes halogenated alkanes) is 1. The van der Waals surface area contributed by atoms with Crippen molar-refractivity contribution in [1.82, 2.24) is 4.57 Å².